The molecule has 1 aliphatic rings. The van der Waals surface area contributed by atoms with Crippen LogP contribution in [-0.4, -0.2) is 54.7 Å². The number of aromatic nitrogens is 1. The minimum Gasteiger partial charge on any atom is -0.335 e. The van der Waals surface area contributed by atoms with Gasteiger partial charge in [-0.15, -0.1) is 11.3 Å². The van der Waals surface area contributed by atoms with Crippen molar-refractivity contribution in [2.24, 2.45) is 0 Å². The third-order valence-corrected chi connectivity index (χ3v) is 9.00. The smallest absolute Gasteiger partial charge is 0.273 e. The maximum absolute atomic E-state index is 12.9. The van der Waals surface area contributed by atoms with Gasteiger partial charge >= 0.3 is 0 Å². The number of hydrogen-bond acceptors (Lipinski definition) is 6. The molecule has 0 aliphatic carbocycles. The van der Waals surface area contributed by atoms with Crippen molar-refractivity contribution in [2.45, 2.75) is 4.90 Å². The minimum absolute atomic E-state index is 0.0103. The SMILES string of the molecule is O=C(c1csc(-c2ccsc2)n1)N1CCN(S(=O)(=O)c2cccc(Cl)c2Cl)CC1. The number of thiazole rings is 1. The summed E-state index contributed by atoms with van der Waals surface area (Å²) in [6.07, 6.45) is 0. The van der Waals surface area contributed by atoms with Crippen molar-refractivity contribution in [3.8, 4) is 10.6 Å². The summed E-state index contributed by atoms with van der Waals surface area (Å²) in [7, 11) is -3.79. The fourth-order valence-electron chi connectivity index (χ4n) is 3.01. The number of sulfonamides is 1. The molecule has 11 heteroatoms. The summed E-state index contributed by atoms with van der Waals surface area (Å²) in [5.74, 6) is -0.194. The molecule has 152 valence electrons. The maximum atomic E-state index is 12.9. The van der Waals surface area contributed by atoms with Crippen LogP contribution in [0.2, 0.25) is 10.0 Å². The zero-order valence-electron chi connectivity index (χ0n) is 14.9. The normalized spacial score (nSPS) is 15.6. The van der Waals surface area contributed by atoms with E-state index < -0.39 is 10.0 Å². The van der Waals surface area contributed by atoms with Crippen LogP contribution in [0.5, 0.6) is 0 Å². The molecule has 0 saturated carbocycles. The first-order chi connectivity index (χ1) is 13.9. The monoisotopic (exact) mass is 487 g/mol. The zero-order chi connectivity index (χ0) is 20.6. The van der Waals surface area contributed by atoms with Crippen LogP contribution in [0.1, 0.15) is 10.5 Å². The number of carbonyl (C=O) groups excluding carboxylic acids is 1. The molecule has 6 nitrogen and oxygen atoms in total. The molecule has 4 rings (SSSR count). The number of benzene rings is 1. The van der Waals surface area contributed by atoms with Crippen LogP contribution in [0.4, 0.5) is 0 Å². The minimum atomic E-state index is -3.79. The molecule has 1 fully saturated rings. The standard InChI is InChI=1S/C18H15Cl2N3O3S3/c19-13-2-1-3-15(16(13)20)29(25,26)23-7-5-22(6-8-23)18(24)14-11-28-17(21-14)12-4-9-27-10-12/h1-4,9-11H,5-8H2. The van der Waals surface area contributed by atoms with Crippen LogP contribution in [0.3, 0.4) is 0 Å². The van der Waals surface area contributed by atoms with Crippen molar-refractivity contribution in [3.05, 3.63) is 56.1 Å². The fraction of sp³-hybridized carbons (Fsp3) is 0.222. The summed E-state index contributed by atoms with van der Waals surface area (Å²) < 4.78 is 27.1. The van der Waals surface area contributed by atoms with Gasteiger partial charge in [0, 0.05) is 42.5 Å². The van der Waals surface area contributed by atoms with Gasteiger partial charge in [0.05, 0.1) is 10.0 Å². The van der Waals surface area contributed by atoms with E-state index in [-0.39, 0.29) is 47.0 Å². The highest BCUT2D eigenvalue weighted by molar-refractivity contribution is 7.89. The summed E-state index contributed by atoms with van der Waals surface area (Å²) in [4.78, 5) is 18.8. The van der Waals surface area contributed by atoms with Crippen LogP contribution in [0.15, 0.2) is 45.3 Å². The van der Waals surface area contributed by atoms with Crippen LogP contribution in [0.25, 0.3) is 10.6 Å². The Bertz CT molecular complexity index is 1140. The first-order valence-corrected chi connectivity index (χ1v) is 12.6. The topological polar surface area (TPSA) is 70.6 Å². The van der Waals surface area contributed by atoms with Crippen molar-refractivity contribution < 1.29 is 13.2 Å². The number of amides is 1. The molecule has 0 atom stereocenters. The van der Waals surface area contributed by atoms with Crippen LogP contribution in [0, 0.1) is 0 Å². The zero-order valence-corrected chi connectivity index (χ0v) is 18.9. The largest absolute Gasteiger partial charge is 0.335 e. The second-order valence-electron chi connectivity index (χ2n) is 6.30. The Morgan fingerprint density at radius 2 is 1.83 bits per heavy atom. The molecule has 29 heavy (non-hydrogen) atoms. The summed E-state index contributed by atoms with van der Waals surface area (Å²) in [6.45, 7) is 0.917. The molecule has 0 radical (unpaired) electrons. The van der Waals surface area contributed by atoms with Crippen LogP contribution in [-0.2, 0) is 10.0 Å². The number of hydrogen-bond donors (Lipinski definition) is 0. The molecule has 0 spiro atoms. The Balaban J connectivity index is 1.45. The molecule has 0 unspecified atom stereocenters. The van der Waals surface area contributed by atoms with Gasteiger partial charge in [-0.05, 0) is 23.6 Å². The second-order valence-corrected chi connectivity index (χ2v) is 10.6. The van der Waals surface area contributed by atoms with Gasteiger partial charge in [0.15, 0.2) is 0 Å². The second kappa shape index (κ2) is 8.33. The molecular formula is C18H15Cl2N3O3S3. The Kier molecular flexibility index (Phi) is 5.97. The van der Waals surface area contributed by atoms with Crippen molar-refractivity contribution >= 4 is 61.8 Å². The number of nitrogens with zero attached hydrogens (tertiary/aromatic N) is 3. The van der Waals surface area contributed by atoms with E-state index in [0.717, 1.165) is 10.6 Å². The summed E-state index contributed by atoms with van der Waals surface area (Å²) >= 11 is 15.0. The summed E-state index contributed by atoms with van der Waals surface area (Å²) in [6, 6.07) is 6.48. The predicted molar refractivity (Wildman–Crippen MR) is 117 cm³/mol. The third kappa shape index (κ3) is 4.08. The first kappa shape index (κ1) is 20.8. The Morgan fingerprint density at radius 1 is 1.07 bits per heavy atom. The van der Waals surface area contributed by atoms with Crippen LogP contribution < -0.4 is 0 Å². The van der Waals surface area contributed by atoms with Crippen molar-refractivity contribution in [1.29, 1.82) is 0 Å². The van der Waals surface area contributed by atoms with E-state index in [9.17, 15) is 13.2 Å². The lowest BCUT2D eigenvalue weighted by Crippen LogP contribution is -2.50. The number of rotatable bonds is 4. The highest BCUT2D eigenvalue weighted by Gasteiger charge is 2.32. The Labute approximate surface area is 186 Å². The van der Waals surface area contributed by atoms with Crippen molar-refractivity contribution in [3.63, 3.8) is 0 Å². The van der Waals surface area contributed by atoms with E-state index in [0.29, 0.717) is 5.69 Å². The molecule has 3 heterocycles. The molecule has 1 amide bonds. The van der Waals surface area contributed by atoms with E-state index in [1.165, 1.54) is 27.8 Å². The van der Waals surface area contributed by atoms with Gasteiger partial charge in [-0.1, -0.05) is 29.3 Å². The number of carbonyl (C=O) groups is 1. The van der Waals surface area contributed by atoms with E-state index in [1.54, 1.807) is 27.7 Å². The van der Waals surface area contributed by atoms with Gasteiger partial charge in [-0.2, -0.15) is 15.6 Å². The maximum Gasteiger partial charge on any atom is 0.273 e. The highest BCUT2D eigenvalue weighted by atomic mass is 35.5. The Hall–Kier alpha value is -1.49. The molecular weight excluding hydrogens is 473 g/mol. The lowest BCUT2D eigenvalue weighted by atomic mass is 10.3. The molecule has 1 aromatic carbocycles. The lowest BCUT2D eigenvalue weighted by Gasteiger charge is -2.33. The van der Waals surface area contributed by atoms with E-state index in [4.69, 9.17) is 23.2 Å². The quantitative estimate of drug-likeness (QED) is 0.549. The molecule has 1 aliphatic heterocycles. The molecule has 2 aromatic heterocycles. The van der Waals surface area contributed by atoms with E-state index in [2.05, 4.69) is 4.98 Å². The number of piperazine rings is 1. The molecule has 0 N–H and O–H groups in total. The summed E-state index contributed by atoms with van der Waals surface area (Å²) in [5, 5.41) is 6.68. The van der Waals surface area contributed by atoms with Crippen molar-refractivity contribution in [2.75, 3.05) is 26.2 Å². The highest BCUT2D eigenvalue weighted by Crippen LogP contribution is 2.31. The third-order valence-electron chi connectivity index (χ3n) is 4.55. The van der Waals surface area contributed by atoms with Gasteiger partial charge in [0.2, 0.25) is 10.0 Å². The molecule has 3 aromatic rings. The fourth-order valence-corrected chi connectivity index (χ4v) is 6.67. The van der Waals surface area contributed by atoms with Crippen LogP contribution >= 0.6 is 45.9 Å². The van der Waals surface area contributed by atoms with Gasteiger partial charge < -0.3 is 4.90 Å². The summed E-state index contributed by atoms with van der Waals surface area (Å²) in [5.41, 5.74) is 1.37. The van der Waals surface area contributed by atoms with Gasteiger partial charge in [-0.25, -0.2) is 13.4 Å². The molecule has 1 saturated heterocycles. The first-order valence-electron chi connectivity index (χ1n) is 8.59. The van der Waals surface area contributed by atoms with E-state index >= 15 is 0 Å². The van der Waals surface area contributed by atoms with E-state index in [1.807, 2.05) is 16.8 Å². The van der Waals surface area contributed by atoms with Crippen molar-refractivity contribution in [1.82, 2.24) is 14.2 Å². The number of thiophene rings is 1. The van der Waals surface area contributed by atoms with Gasteiger partial charge in [0.1, 0.15) is 15.6 Å². The predicted octanol–water partition coefficient (Wildman–Crippen LogP) is 4.33. The average molecular weight is 488 g/mol. The van der Waals surface area contributed by atoms with Gasteiger partial charge in [0.25, 0.3) is 5.91 Å². The lowest BCUT2D eigenvalue weighted by molar-refractivity contribution is 0.0693. The van der Waals surface area contributed by atoms with Gasteiger partial charge in [-0.3, -0.25) is 4.79 Å². The number of halogens is 2. The molecule has 0 bridgehead atoms. The average Bonchev–Trinajstić information content (AvgIpc) is 3.41. The Morgan fingerprint density at radius 3 is 2.52 bits per heavy atom.